The van der Waals surface area contributed by atoms with E-state index in [1.807, 2.05) is 24.3 Å². The van der Waals surface area contributed by atoms with Crippen LogP contribution in [0.2, 0.25) is 0 Å². The molecule has 0 aliphatic carbocycles. The number of aromatic nitrogens is 3. The maximum atomic E-state index is 12.1. The molecule has 4 heteroatoms. The van der Waals surface area contributed by atoms with Gasteiger partial charge in [-0.25, -0.2) is 14.1 Å². The van der Waals surface area contributed by atoms with E-state index in [0.717, 1.165) is 11.3 Å². The van der Waals surface area contributed by atoms with E-state index in [1.54, 1.807) is 11.0 Å². The predicted molar refractivity (Wildman–Crippen MR) is 51.5 cm³/mol. The van der Waals surface area contributed by atoms with Crippen LogP contribution in [-0.2, 0) is 0 Å². The Morgan fingerprint density at radius 3 is 2.86 bits per heavy atom. The van der Waals surface area contributed by atoms with Gasteiger partial charge in [0.05, 0.1) is 12.0 Å². The maximum Gasteiger partial charge on any atom is 0.138 e. The molecular weight excluding hydrogens is 181 g/mol. The molecule has 0 radical (unpaired) electrons. The first kappa shape index (κ1) is 8.62. The third kappa shape index (κ3) is 1.54. The number of hydrogen-bond acceptors (Lipinski definition) is 2. The van der Waals surface area contributed by atoms with E-state index in [-0.39, 0.29) is 0 Å². The molecule has 0 fully saturated rings. The molecule has 0 spiro atoms. The maximum absolute atomic E-state index is 12.1. The summed E-state index contributed by atoms with van der Waals surface area (Å²) in [6, 6.07) is 7.37. The van der Waals surface area contributed by atoms with Gasteiger partial charge in [0.25, 0.3) is 0 Å². The fourth-order valence-corrected chi connectivity index (χ4v) is 1.24. The first-order valence-corrected chi connectivity index (χ1v) is 4.12. The molecular formula is C10H8FN3. The van der Waals surface area contributed by atoms with Crippen LogP contribution in [0.4, 0.5) is 4.39 Å². The summed E-state index contributed by atoms with van der Waals surface area (Å²) in [5.74, 6) is 0. The van der Waals surface area contributed by atoms with Crippen molar-refractivity contribution < 1.29 is 4.39 Å². The third-order valence-corrected chi connectivity index (χ3v) is 1.84. The van der Waals surface area contributed by atoms with Gasteiger partial charge in [-0.3, -0.25) is 0 Å². The molecule has 0 bridgehead atoms. The number of nitrogens with zero attached hydrogens (tertiary/aromatic N) is 3. The van der Waals surface area contributed by atoms with Gasteiger partial charge in [0.2, 0.25) is 0 Å². The summed E-state index contributed by atoms with van der Waals surface area (Å²) in [6.07, 6.45) is 4.91. The lowest BCUT2D eigenvalue weighted by Crippen LogP contribution is -1.96. The van der Waals surface area contributed by atoms with Crippen LogP contribution in [0.5, 0.6) is 0 Å². The van der Waals surface area contributed by atoms with E-state index in [0.29, 0.717) is 6.33 Å². The van der Waals surface area contributed by atoms with Gasteiger partial charge in [0.1, 0.15) is 12.7 Å². The van der Waals surface area contributed by atoms with E-state index in [2.05, 4.69) is 10.1 Å². The van der Waals surface area contributed by atoms with Crippen molar-refractivity contribution in [2.45, 2.75) is 0 Å². The van der Waals surface area contributed by atoms with Crippen molar-refractivity contribution in [2.75, 3.05) is 0 Å². The molecule has 0 amide bonds. The Morgan fingerprint density at radius 2 is 2.14 bits per heavy atom. The van der Waals surface area contributed by atoms with Gasteiger partial charge < -0.3 is 0 Å². The Hall–Kier alpha value is -1.97. The highest BCUT2D eigenvalue weighted by Gasteiger charge is 2.00. The summed E-state index contributed by atoms with van der Waals surface area (Å²) in [7, 11) is 0. The Balaban J connectivity index is 2.52. The molecule has 0 saturated carbocycles. The van der Waals surface area contributed by atoms with Crippen LogP contribution in [0.1, 0.15) is 5.56 Å². The zero-order valence-corrected chi connectivity index (χ0v) is 7.34. The lowest BCUT2D eigenvalue weighted by atomic mass is 10.2. The minimum Gasteiger partial charge on any atom is -0.223 e. The second-order valence-electron chi connectivity index (χ2n) is 2.69. The number of hydrogen-bond donors (Lipinski definition) is 0. The molecule has 2 rings (SSSR count). The van der Waals surface area contributed by atoms with Crippen LogP contribution in [-0.4, -0.2) is 14.8 Å². The fourth-order valence-electron chi connectivity index (χ4n) is 1.24. The van der Waals surface area contributed by atoms with E-state index in [9.17, 15) is 4.39 Å². The molecule has 1 aromatic heterocycles. The van der Waals surface area contributed by atoms with Gasteiger partial charge >= 0.3 is 0 Å². The van der Waals surface area contributed by atoms with Crippen LogP contribution < -0.4 is 0 Å². The number of para-hydroxylation sites is 1. The second kappa shape index (κ2) is 3.83. The molecule has 14 heavy (non-hydrogen) atoms. The number of rotatable bonds is 2. The SMILES string of the molecule is FC=Cc1ccccc1-n1cncn1. The number of benzene rings is 1. The van der Waals surface area contributed by atoms with Gasteiger partial charge in [-0.05, 0) is 12.1 Å². The van der Waals surface area contributed by atoms with E-state index in [1.165, 1.54) is 12.4 Å². The van der Waals surface area contributed by atoms with Crippen LogP contribution in [0, 0.1) is 0 Å². The summed E-state index contributed by atoms with van der Waals surface area (Å²) < 4.78 is 13.7. The summed E-state index contributed by atoms with van der Waals surface area (Å²) in [5, 5.41) is 3.98. The monoisotopic (exact) mass is 189 g/mol. The van der Waals surface area contributed by atoms with Crippen molar-refractivity contribution in [3.63, 3.8) is 0 Å². The average molecular weight is 189 g/mol. The lowest BCUT2D eigenvalue weighted by Gasteiger charge is -2.03. The molecule has 0 saturated heterocycles. The zero-order valence-electron chi connectivity index (χ0n) is 7.34. The smallest absolute Gasteiger partial charge is 0.138 e. The highest BCUT2D eigenvalue weighted by Crippen LogP contribution is 2.14. The van der Waals surface area contributed by atoms with Crippen molar-refractivity contribution in [3.8, 4) is 5.69 Å². The Morgan fingerprint density at radius 1 is 1.29 bits per heavy atom. The first-order valence-electron chi connectivity index (χ1n) is 4.12. The summed E-state index contributed by atoms with van der Waals surface area (Å²) >= 11 is 0. The first-order chi connectivity index (χ1) is 6.92. The highest BCUT2D eigenvalue weighted by molar-refractivity contribution is 5.59. The second-order valence-corrected chi connectivity index (χ2v) is 2.69. The molecule has 1 aromatic carbocycles. The molecule has 0 N–H and O–H groups in total. The van der Waals surface area contributed by atoms with Crippen LogP contribution in [0.15, 0.2) is 43.2 Å². The molecule has 3 nitrogen and oxygen atoms in total. The third-order valence-electron chi connectivity index (χ3n) is 1.84. The highest BCUT2D eigenvalue weighted by atomic mass is 19.1. The van der Waals surface area contributed by atoms with Gasteiger partial charge in [-0.15, -0.1) is 0 Å². The molecule has 2 aromatic rings. The molecule has 0 unspecified atom stereocenters. The van der Waals surface area contributed by atoms with E-state index in [4.69, 9.17) is 0 Å². The van der Waals surface area contributed by atoms with Gasteiger partial charge in [0.15, 0.2) is 0 Å². The largest absolute Gasteiger partial charge is 0.223 e. The molecule has 1 heterocycles. The Kier molecular flexibility index (Phi) is 2.36. The summed E-state index contributed by atoms with van der Waals surface area (Å²) in [4.78, 5) is 3.83. The van der Waals surface area contributed by atoms with Crippen molar-refractivity contribution in [1.29, 1.82) is 0 Å². The van der Waals surface area contributed by atoms with Crippen LogP contribution in [0.3, 0.4) is 0 Å². The van der Waals surface area contributed by atoms with E-state index >= 15 is 0 Å². The van der Waals surface area contributed by atoms with Gasteiger partial charge in [-0.2, -0.15) is 5.10 Å². The average Bonchev–Trinajstić information content (AvgIpc) is 2.72. The number of halogens is 1. The summed E-state index contributed by atoms with van der Waals surface area (Å²) in [6.45, 7) is 0. The van der Waals surface area contributed by atoms with Crippen molar-refractivity contribution in [3.05, 3.63) is 48.8 Å². The minimum absolute atomic E-state index is 0.510. The van der Waals surface area contributed by atoms with Crippen molar-refractivity contribution in [2.24, 2.45) is 0 Å². The minimum atomic E-state index is 0.510. The molecule has 0 atom stereocenters. The van der Waals surface area contributed by atoms with Crippen LogP contribution in [0.25, 0.3) is 11.8 Å². The van der Waals surface area contributed by atoms with Crippen molar-refractivity contribution in [1.82, 2.24) is 14.8 Å². The standard InChI is InChI=1S/C10H8FN3/c11-6-5-9-3-1-2-4-10(9)14-8-12-7-13-14/h1-8H. The van der Waals surface area contributed by atoms with Crippen LogP contribution >= 0.6 is 0 Å². The normalized spacial score (nSPS) is 10.9. The Labute approximate surface area is 80.5 Å². The molecule has 0 aliphatic heterocycles. The van der Waals surface area contributed by atoms with E-state index < -0.39 is 0 Å². The lowest BCUT2D eigenvalue weighted by molar-refractivity contribution is 0.727. The zero-order chi connectivity index (χ0) is 9.80. The topological polar surface area (TPSA) is 30.7 Å². The van der Waals surface area contributed by atoms with Gasteiger partial charge in [0, 0.05) is 5.56 Å². The predicted octanol–water partition coefficient (Wildman–Crippen LogP) is 2.21. The quantitative estimate of drug-likeness (QED) is 0.725. The molecule has 0 aliphatic rings. The van der Waals surface area contributed by atoms with Gasteiger partial charge in [-0.1, -0.05) is 18.2 Å². The molecule has 70 valence electrons. The Bertz CT molecular complexity index is 434. The fraction of sp³-hybridized carbons (Fsp3) is 0. The van der Waals surface area contributed by atoms with Crippen molar-refractivity contribution >= 4 is 6.08 Å². The summed E-state index contributed by atoms with van der Waals surface area (Å²) in [5.41, 5.74) is 1.57.